The summed E-state index contributed by atoms with van der Waals surface area (Å²) >= 11 is 0. The lowest BCUT2D eigenvalue weighted by molar-refractivity contribution is 0.133. The summed E-state index contributed by atoms with van der Waals surface area (Å²) in [4.78, 5) is 2.14. The van der Waals surface area contributed by atoms with Gasteiger partial charge in [0.15, 0.2) is 0 Å². The minimum Gasteiger partial charge on any atom is -0.390 e. The van der Waals surface area contributed by atoms with Gasteiger partial charge >= 0.3 is 0 Å². The van der Waals surface area contributed by atoms with Crippen molar-refractivity contribution in [2.45, 2.75) is 33.3 Å². The molecule has 0 aliphatic rings. The average Bonchev–Trinajstić information content (AvgIpc) is 2.27. The van der Waals surface area contributed by atoms with Crippen molar-refractivity contribution in [3.05, 3.63) is 34.4 Å². The van der Waals surface area contributed by atoms with E-state index in [9.17, 15) is 5.11 Å². The summed E-state index contributed by atoms with van der Waals surface area (Å²) in [5.41, 5.74) is 10.9. The lowest BCUT2D eigenvalue weighted by Crippen LogP contribution is -2.35. The van der Waals surface area contributed by atoms with Gasteiger partial charge in [-0.1, -0.05) is 17.7 Å². The van der Waals surface area contributed by atoms with Crippen molar-refractivity contribution >= 4 is 0 Å². The van der Waals surface area contributed by atoms with Crippen LogP contribution in [0.5, 0.6) is 0 Å². The maximum Gasteiger partial charge on any atom is 0.0788 e. The van der Waals surface area contributed by atoms with Crippen molar-refractivity contribution in [2.75, 3.05) is 26.7 Å². The van der Waals surface area contributed by atoms with Gasteiger partial charge in [0.25, 0.3) is 0 Å². The predicted octanol–water partition coefficient (Wildman–Crippen LogP) is 1.41. The monoisotopic (exact) mass is 250 g/mol. The quantitative estimate of drug-likeness (QED) is 0.802. The number of aryl methyl sites for hydroxylation is 3. The molecule has 3 N–H and O–H groups in total. The highest BCUT2D eigenvalue weighted by Crippen LogP contribution is 2.17. The van der Waals surface area contributed by atoms with E-state index in [1.165, 1.54) is 22.3 Å². The first-order valence-corrected chi connectivity index (χ1v) is 6.57. The van der Waals surface area contributed by atoms with Crippen molar-refractivity contribution < 1.29 is 5.11 Å². The highest BCUT2D eigenvalue weighted by atomic mass is 16.3. The molecule has 1 atom stereocenters. The van der Waals surface area contributed by atoms with Crippen LogP contribution in [0, 0.1) is 20.8 Å². The third kappa shape index (κ3) is 4.41. The number of benzene rings is 1. The van der Waals surface area contributed by atoms with Gasteiger partial charge in [0.05, 0.1) is 6.10 Å². The van der Waals surface area contributed by atoms with Gasteiger partial charge < -0.3 is 15.7 Å². The van der Waals surface area contributed by atoms with E-state index in [1.54, 1.807) is 0 Å². The predicted molar refractivity (Wildman–Crippen MR) is 76.9 cm³/mol. The molecule has 0 bridgehead atoms. The summed E-state index contributed by atoms with van der Waals surface area (Å²) < 4.78 is 0. The second-order valence-corrected chi connectivity index (χ2v) is 5.28. The van der Waals surface area contributed by atoms with E-state index in [1.807, 2.05) is 7.05 Å². The molecule has 3 nitrogen and oxygen atoms in total. The van der Waals surface area contributed by atoms with Gasteiger partial charge in [-0.05, 0) is 50.9 Å². The zero-order valence-corrected chi connectivity index (χ0v) is 12.0. The van der Waals surface area contributed by atoms with Gasteiger partial charge in [0, 0.05) is 19.6 Å². The Labute approximate surface area is 111 Å². The molecule has 102 valence electrons. The van der Waals surface area contributed by atoms with Gasteiger partial charge in [-0.25, -0.2) is 0 Å². The van der Waals surface area contributed by atoms with E-state index in [-0.39, 0.29) is 0 Å². The van der Waals surface area contributed by atoms with Gasteiger partial charge in [-0.15, -0.1) is 0 Å². The molecule has 0 spiro atoms. The number of likely N-dealkylation sites (N-methyl/N-ethyl adjacent to an activating group) is 1. The Balaban J connectivity index is 2.58. The van der Waals surface area contributed by atoms with E-state index in [0.29, 0.717) is 13.1 Å². The average molecular weight is 250 g/mol. The molecule has 0 aromatic heterocycles. The molecule has 1 aromatic rings. The number of nitrogens with zero attached hydrogens (tertiary/aromatic N) is 1. The van der Waals surface area contributed by atoms with Crippen LogP contribution in [0.1, 0.15) is 22.3 Å². The highest BCUT2D eigenvalue weighted by Gasteiger charge is 2.08. The SMILES string of the molecule is Cc1cc(C)c(CCN(C)CC(O)CN)c(C)c1. The van der Waals surface area contributed by atoms with Crippen molar-refractivity contribution in [3.63, 3.8) is 0 Å². The maximum absolute atomic E-state index is 9.50. The summed E-state index contributed by atoms with van der Waals surface area (Å²) in [6.45, 7) is 8.39. The van der Waals surface area contributed by atoms with E-state index in [4.69, 9.17) is 5.73 Å². The van der Waals surface area contributed by atoms with E-state index in [0.717, 1.165) is 13.0 Å². The second-order valence-electron chi connectivity index (χ2n) is 5.28. The zero-order valence-electron chi connectivity index (χ0n) is 12.0. The third-order valence-electron chi connectivity index (χ3n) is 3.38. The Morgan fingerprint density at radius 1 is 1.22 bits per heavy atom. The van der Waals surface area contributed by atoms with Gasteiger partial charge in [0.2, 0.25) is 0 Å². The van der Waals surface area contributed by atoms with Crippen molar-refractivity contribution in [1.82, 2.24) is 4.90 Å². The van der Waals surface area contributed by atoms with Crippen LogP contribution in [-0.4, -0.2) is 42.8 Å². The molecule has 3 heteroatoms. The third-order valence-corrected chi connectivity index (χ3v) is 3.38. The van der Waals surface area contributed by atoms with Crippen molar-refractivity contribution in [3.8, 4) is 0 Å². The minimum atomic E-state index is -0.421. The molecule has 18 heavy (non-hydrogen) atoms. The number of hydrogen-bond acceptors (Lipinski definition) is 3. The van der Waals surface area contributed by atoms with Gasteiger partial charge in [-0.2, -0.15) is 0 Å². The fourth-order valence-electron chi connectivity index (χ4n) is 2.43. The number of nitrogens with two attached hydrogens (primary N) is 1. The number of hydrogen-bond donors (Lipinski definition) is 2. The Kier molecular flexibility index (Phi) is 5.79. The molecule has 1 unspecified atom stereocenters. The van der Waals surface area contributed by atoms with Crippen LogP contribution in [0.2, 0.25) is 0 Å². The Morgan fingerprint density at radius 3 is 2.28 bits per heavy atom. The van der Waals surface area contributed by atoms with E-state index >= 15 is 0 Å². The molecule has 0 aliphatic heterocycles. The van der Waals surface area contributed by atoms with Crippen LogP contribution in [0.25, 0.3) is 0 Å². The molecular formula is C15H26N2O. The van der Waals surface area contributed by atoms with Crippen molar-refractivity contribution in [2.24, 2.45) is 5.73 Å². The largest absolute Gasteiger partial charge is 0.390 e. The fourth-order valence-corrected chi connectivity index (χ4v) is 2.43. The first-order valence-electron chi connectivity index (χ1n) is 6.57. The van der Waals surface area contributed by atoms with Crippen LogP contribution >= 0.6 is 0 Å². The summed E-state index contributed by atoms with van der Waals surface area (Å²) in [5.74, 6) is 0. The maximum atomic E-state index is 9.50. The van der Waals surface area contributed by atoms with Crippen molar-refractivity contribution in [1.29, 1.82) is 0 Å². The lowest BCUT2D eigenvalue weighted by Gasteiger charge is -2.20. The van der Waals surface area contributed by atoms with Gasteiger partial charge in [-0.3, -0.25) is 0 Å². The van der Waals surface area contributed by atoms with Crippen LogP contribution in [0.15, 0.2) is 12.1 Å². The Bertz CT molecular complexity index is 367. The summed E-state index contributed by atoms with van der Waals surface area (Å²) in [6.07, 6.45) is 0.598. The van der Waals surface area contributed by atoms with Crippen LogP contribution in [0.3, 0.4) is 0 Å². The summed E-state index contributed by atoms with van der Waals surface area (Å²) in [7, 11) is 2.03. The van der Waals surface area contributed by atoms with Gasteiger partial charge in [0.1, 0.15) is 0 Å². The molecule has 0 fully saturated rings. The number of aliphatic hydroxyl groups excluding tert-OH is 1. The molecular weight excluding hydrogens is 224 g/mol. The van der Waals surface area contributed by atoms with Crippen LogP contribution in [-0.2, 0) is 6.42 Å². The Hall–Kier alpha value is -0.900. The lowest BCUT2D eigenvalue weighted by atomic mass is 9.97. The van der Waals surface area contributed by atoms with E-state index < -0.39 is 6.10 Å². The molecule has 1 aromatic carbocycles. The number of rotatable bonds is 6. The molecule has 0 aliphatic carbocycles. The molecule has 1 rings (SSSR count). The zero-order chi connectivity index (χ0) is 13.7. The molecule has 0 amide bonds. The summed E-state index contributed by atoms with van der Waals surface area (Å²) in [5, 5.41) is 9.50. The molecule has 0 saturated heterocycles. The highest BCUT2D eigenvalue weighted by molar-refractivity contribution is 5.37. The Morgan fingerprint density at radius 2 is 1.78 bits per heavy atom. The standard InChI is InChI=1S/C15H26N2O/c1-11-7-12(2)15(13(3)8-11)5-6-17(4)10-14(18)9-16/h7-8,14,18H,5-6,9-10,16H2,1-4H3. The first-order chi connectivity index (χ1) is 8.43. The molecule has 0 heterocycles. The smallest absolute Gasteiger partial charge is 0.0788 e. The normalized spacial score (nSPS) is 13.1. The molecule has 0 saturated carbocycles. The van der Waals surface area contributed by atoms with Crippen LogP contribution < -0.4 is 5.73 Å². The summed E-state index contributed by atoms with van der Waals surface area (Å²) in [6, 6.07) is 4.47. The second kappa shape index (κ2) is 6.88. The first kappa shape index (κ1) is 15.2. The topological polar surface area (TPSA) is 49.5 Å². The number of aliphatic hydroxyl groups is 1. The fraction of sp³-hybridized carbons (Fsp3) is 0.600. The molecule has 0 radical (unpaired) electrons. The minimum absolute atomic E-state index is 0.326. The van der Waals surface area contributed by atoms with Crippen LogP contribution in [0.4, 0.5) is 0 Å². The van der Waals surface area contributed by atoms with E-state index in [2.05, 4.69) is 37.8 Å².